The van der Waals surface area contributed by atoms with Crippen molar-refractivity contribution in [3.05, 3.63) is 71.0 Å². The molecule has 1 unspecified atom stereocenters. The molecular weight excluding hydrogens is 304 g/mol. The summed E-state index contributed by atoms with van der Waals surface area (Å²) in [5.41, 5.74) is 10.5. The number of hydrogen-bond acceptors (Lipinski definition) is 5. The summed E-state index contributed by atoms with van der Waals surface area (Å²) in [6.45, 7) is 1.89. The molecule has 0 saturated heterocycles. The molecule has 0 radical (unpaired) electrons. The van der Waals surface area contributed by atoms with Gasteiger partial charge in [0.05, 0.1) is 5.71 Å². The van der Waals surface area contributed by atoms with Crippen LogP contribution in [0.1, 0.15) is 22.9 Å². The Morgan fingerprint density at radius 1 is 1.22 bits per heavy atom. The van der Waals surface area contributed by atoms with Crippen LogP contribution in [0.25, 0.3) is 0 Å². The number of pyridine rings is 1. The van der Waals surface area contributed by atoms with E-state index in [0.717, 1.165) is 30.8 Å². The van der Waals surface area contributed by atoms with Crippen molar-refractivity contribution in [3.63, 3.8) is 0 Å². The van der Waals surface area contributed by atoms with Gasteiger partial charge in [0.2, 0.25) is 0 Å². The number of aliphatic imine (C=N–C) groups is 1. The molecule has 1 aromatic carbocycles. The normalized spacial score (nSPS) is 20.0. The summed E-state index contributed by atoms with van der Waals surface area (Å²) in [4.78, 5) is 12.7. The molecule has 0 saturated carbocycles. The highest BCUT2D eigenvalue weighted by Crippen LogP contribution is 2.46. The Balaban J connectivity index is 1.52. The van der Waals surface area contributed by atoms with Crippen molar-refractivity contribution < 1.29 is 0 Å². The van der Waals surface area contributed by atoms with E-state index < -0.39 is 0 Å². The van der Waals surface area contributed by atoms with Crippen LogP contribution >= 0.6 is 11.8 Å². The number of nitrogens with zero attached hydrogens (tertiary/aromatic N) is 3. The van der Waals surface area contributed by atoms with Crippen molar-refractivity contribution in [2.24, 2.45) is 4.99 Å². The standard InChI is InChI=1S/C18H18N4S/c19-15-6-2-1-5-14(15)18-21-16-7-9-22(12-17(16)23-18)11-13-4-3-8-20-10-13/h1-6,8,10,12,18H,7,9,11,19H2. The van der Waals surface area contributed by atoms with Gasteiger partial charge in [-0.25, -0.2) is 0 Å². The van der Waals surface area contributed by atoms with Gasteiger partial charge >= 0.3 is 0 Å². The second-order valence-electron chi connectivity index (χ2n) is 5.75. The first-order chi connectivity index (χ1) is 11.3. The lowest BCUT2D eigenvalue weighted by Gasteiger charge is -2.25. The van der Waals surface area contributed by atoms with Crippen molar-refractivity contribution in [2.75, 3.05) is 12.3 Å². The summed E-state index contributed by atoms with van der Waals surface area (Å²) in [7, 11) is 0. The smallest absolute Gasteiger partial charge is 0.127 e. The van der Waals surface area contributed by atoms with Gasteiger partial charge in [0.1, 0.15) is 5.37 Å². The first-order valence-electron chi connectivity index (χ1n) is 7.72. The molecule has 0 amide bonds. The molecule has 0 fully saturated rings. The van der Waals surface area contributed by atoms with Crippen LogP contribution < -0.4 is 5.73 Å². The van der Waals surface area contributed by atoms with Gasteiger partial charge in [0.15, 0.2) is 0 Å². The number of rotatable bonds is 3. The van der Waals surface area contributed by atoms with E-state index in [1.54, 1.807) is 11.8 Å². The van der Waals surface area contributed by atoms with E-state index in [4.69, 9.17) is 10.7 Å². The van der Waals surface area contributed by atoms with Gasteiger partial charge in [-0.15, -0.1) is 0 Å². The molecule has 2 N–H and O–H groups in total. The number of aromatic nitrogens is 1. The van der Waals surface area contributed by atoms with Crippen molar-refractivity contribution >= 4 is 23.2 Å². The van der Waals surface area contributed by atoms with Crippen molar-refractivity contribution in [1.29, 1.82) is 0 Å². The lowest BCUT2D eigenvalue weighted by atomic mass is 10.1. The summed E-state index contributed by atoms with van der Waals surface area (Å²) in [5, 5.41) is 0.0933. The summed E-state index contributed by atoms with van der Waals surface area (Å²) < 4.78 is 0. The average Bonchev–Trinajstić information content (AvgIpc) is 2.99. The molecule has 0 spiro atoms. The van der Waals surface area contributed by atoms with Gasteiger partial charge in [-0.3, -0.25) is 9.98 Å². The number of nitrogens with two attached hydrogens (primary N) is 1. The molecule has 0 aliphatic carbocycles. The lowest BCUT2D eigenvalue weighted by molar-refractivity contribution is 0.373. The maximum absolute atomic E-state index is 6.10. The highest BCUT2D eigenvalue weighted by Gasteiger charge is 2.28. The Kier molecular flexibility index (Phi) is 3.79. The Morgan fingerprint density at radius 2 is 2.13 bits per heavy atom. The van der Waals surface area contributed by atoms with Gasteiger partial charge in [-0.2, -0.15) is 0 Å². The minimum Gasteiger partial charge on any atom is -0.398 e. The van der Waals surface area contributed by atoms with Crippen LogP contribution in [0.3, 0.4) is 0 Å². The highest BCUT2D eigenvalue weighted by molar-refractivity contribution is 8.04. The second-order valence-corrected chi connectivity index (χ2v) is 6.87. The van der Waals surface area contributed by atoms with Gasteiger partial charge in [-0.1, -0.05) is 36.0 Å². The topological polar surface area (TPSA) is 54.5 Å². The number of fused-ring (bicyclic) bond motifs is 1. The van der Waals surface area contributed by atoms with E-state index in [2.05, 4.69) is 28.2 Å². The van der Waals surface area contributed by atoms with Gasteiger partial charge < -0.3 is 10.6 Å². The molecule has 23 heavy (non-hydrogen) atoms. The Hall–Kier alpha value is -2.27. The van der Waals surface area contributed by atoms with E-state index in [1.165, 1.54) is 16.2 Å². The Labute approximate surface area is 140 Å². The largest absolute Gasteiger partial charge is 0.398 e. The van der Waals surface area contributed by atoms with Crippen LogP contribution in [0.2, 0.25) is 0 Å². The van der Waals surface area contributed by atoms with E-state index in [1.807, 2.05) is 36.7 Å². The maximum Gasteiger partial charge on any atom is 0.127 e. The number of hydrogen-bond donors (Lipinski definition) is 1. The zero-order valence-corrected chi connectivity index (χ0v) is 13.5. The number of nitrogen functional groups attached to an aromatic ring is 1. The lowest BCUT2D eigenvalue weighted by Crippen LogP contribution is -2.25. The zero-order chi connectivity index (χ0) is 15.6. The van der Waals surface area contributed by atoms with Crippen LogP contribution in [0.4, 0.5) is 5.69 Å². The zero-order valence-electron chi connectivity index (χ0n) is 12.7. The fraction of sp³-hybridized carbons (Fsp3) is 0.222. The fourth-order valence-corrected chi connectivity index (χ4v) is 4.17. The molecule has 1 aromatic heterocycles. The monoisotopic (exact) mass is 322 g/mol. The molecule has 4 nitrogen and oxygen atoms in total. The summed E-state index contributed by atoms with van der Waals surface area (Å²) in [6.07, 6.45) is 6.96. The molecule has 116 valence electrons. The highest BCUT2D eigenvalue weighted by atomic mass is 32.2. The second kappa shape index (κ2) is 6.08. The van der Waals surface area contributed by atoms with E-state index >= 15 is 0 Å². The van der Waals surface area contributed by atoms with Gasteiger partial charge in [0.25, 0.3) is 0 Å². The molecule has 2 aliphatic heterocycles. The molecule has 3 heterocycles. The molecule has 0 bridgehead atoms. The van der Waals surface area contributed by atoms with E-state index in [0.29, 0.717) is 0 Å². The molecular formula is C18H18N4S. The van der Waals surface area contributed by atoms with Gasteiger partial charge in [-0.05, 0) is 17.7 Å². The maximum atomic E-state index is 6.10. The molecule has 4 rings (SSSR count). The molecule has 5 heteroatoms. The predicted molar refractivity (Wildman–Crippen MR) is 96.0 cm³/mol. The first-order valence-corrected chi connectivity index (χ1v) is 8.60. The number of anilines is 1. The Bertz CT molecular complexity index is 770. The summed E-state index contributed by atoms with van der Waals surface area (Å²) in [5.74, 6) is 0. The number of thioether (sulfide) groups is 1. The van der Waals surface area contributed by atoms with Crippen LogP contribution in [0, 0.1) is 0 Å². The van der Waals surface area contributed by atoms with Gasteiger partial charge in [0, 0.05) is 54.3 Å². The third-order valence-electron chi connectivity index (χ3n) is 4.10. The predicted octanol–water partition coefficient (Wildman–Crippen LogP) is 3.60. The Morgan fingerprint density at radius 3 is 2.96 bits per heavy atom. The van der Waals surface area contributed by atoms with Crippen LogP contribution in [0.15, 0.2) is 64.9 Å². The van der Waals surface area contributed by atoms with E-state index in [-0.39, 0.29) is 5.37 Å². The van der Waals surface area contributed by atoms with Crippen LogP contribution in [-0.4, -0.2) is 22.1 Å². The average molecular weight is 322 g/mol. The number of para-hydroxylation sites is 1. The summed E-state index contributed by atoms with van der Waals surface area (Å²) >= 11 is 1.80. The minimum absolute atomic E-state index is 0.0933. The molecule has 2 aromatic rings. The minimum atomic E-state index is 0.0933. The number of benzene rings is 1. The molecule has 2 aliphatic rings. The van der Waals surface area contributed by atoms with Crippen LogP contribution in [-0.2, 0) is 6.54 Å². The third-order valence-corrected chi connectivity index (χ3v) is 5.28. The fourth-order valence-electron chi connectivity index (χ4n) is 2.91. The van der Waals surface area contributed by atoms with Crippen LogP contribution in [0.5, 0.6) is 0 Å². The van der Waals surface area contributed by atoms with E-state index in [9.17, 15) is 0 Å². The SMILES string of the molecule is Nc1ccccc1C1N=C2CCN(Cc3cccnc3)C=C2S1. The third kappa shape index (κ3) is 2.97. The van der Waals surface area contributed by atoms with Crippen molar-refractivity contribution in [1.82, 2.24) is 9.88 Å². The first kappa shape index (κ1) is 14.3. The molecule has 1 atom stereocenters. The quantitative estimate of drug-likeness (QED) is 0.877. The van der Waals surface area contributed by atoms with Crippen molar-refractivity contribution in [2.45, 2.75) is 18.3 Å². The summed E-state index contributed by atoms with van der Waals surface area (Å²) in [6, 6.07) is 12.1. The van der Waals surface area contributed by atoms with Crippen molar-refractivity contribution in [3.8, 4) is 0 Å². The number of allylic oxidation sites excluding steroid dienone is 1.